The van der Waals surface area contributed by atoms with Gasteiger partial charge in [0.1, 0.15) is 0 Å². The second-order valence-electron chi connectivity index (χ2n) is 8.09. The molecule has 0 spiro atoms. The van der Waals surface area contributed by atoms with Crippen LogP contribution in [0.3, 0.4) is 0 Å². The van der Waals surface area contributed by atoms with Gasteiger partial charge in [0.15, 0.2) is 5.78 Å². The number of pyridine rings is 1. The first-order chi connectivity index (χ1) is 17.3. The molecule has 194 valence electrons. The topological polar surface area (TPSA) is 53.4 Å². The molecule has 0 amide bonds. The first-order valence-corrected chi connectivity index (χ1v) is 13.0. The molecule has 3 aromatic carbocycles. The number of aliphatic hydroxyl groups is 1. The minimum Gasteiger partial charge on any atom is -0.512 e. The number of carbonyl (C=O) groups is 1. The van der Waals surface area contributed by atoms with E-state index in [-0.39, 0.29) is 32.6 Å². The van der Waals surface area contributed by atoms with Crippen molar-refractivity contribution in [3.05, 3.63) is 109 Å². The van der Waals surface area contributed by atoms with Crippen LogP contribution in [0.1, 0.15) is 13.8 Å². The molecule has 4 aromatic rings. The second-order valence-corrected chi connectivity index (χ2v) is 10.4. The summed E-state index contributed by atoms with van der Waals surface area (Å²) in [4.78, 5) is 21.5. The molecule has 1 N–H and O–H groups in total. The molecule has 0 unspecified atom stereocenters. The summed E-state index contributed by atoms with van der Waals surface area (Å²) in [5, 5.41) is 8.36. The van der Waals surface area contributed by atoms with Crippen molar-refractivity contribution < 1.29 is 31.0 Å². The summed E-state index contributed by atoms with van der Waals surface area (Å²) in [5.74, 6) is -0.0625. The van der Waals surface area contributed by atoms with Crippen molar-refractivity contribution in [2.24, 2.45) is 0 Å². The van der Waals surface area contributed by atoms with E-state index in [1.807, 2.05) is 38.5 Å². The van der Waals surface area contributed by atoms with Crippen LogP contribution in [0.15, 0.2) is 123 Å². The van der Waals surface area contributed by atoms with Crippen molar-refractivity contribution >= 4 is 35.0 Å². The van der Waals surface area contributed by atoms with Crippen molar-refractivity contribution in [3.63, 3.8) is 0 Å². The van der Waals surface area contributed by atoms with Gasteiger partial charge in [-0.05, 0) is 49.9 Å². The van der Waals surface area contributed by atoms with Crippen molar-refractivity contribution in [3.8, 4) is 11.3 Å². The van der Waals surface area contributed by atoms with Crippen LogP contribution < -0.4 is 4.90 Å². The molecule has 0 saturated heterocycles. The summed E-state index contributed by atoms with van der Waals surface area (Å²) in [5.41, 5.74) is 3.09. The average molecular weight is 709 g/mol. The van der Waals surface area contributed by atoms with Crippen LogP contribution >= 0.6 is 23.5 Å². The SMILES string of the molecule is CC(=O)/C=C(/C)O.CN(C)c1ccnc(-c2[c-]cc(Sc3ccccc3)cc2Sc2ccccc2)c1.[Pt]. The van der Waals surface area contributed by atoms with E-state index in [9.17, 15) is 4.79 Å². The Morgan fingerprint density at radius 2 is 1.49 bits per heavy atom. The molecule has 1 heterocycles. The van der Waals surface area contributed by atoms with E-state index in [0.29, 0.717) is 0 Å². The number of anilines is 1. The zero-order valence-electron chi connectivity index (χ0n) is 21.1. The van der Waals surface area contributed by atoms with Gasteiger partial charge in [-0.3, -0.25) is 4.79 Å². The Labute approximate surface area is 242 Å². The largest absolute Gasteiger partial charge is 0.512 e. The standard InChI is InChI=1S/C25H21N2S2.C5H8O2.Pt/c1-27(2)19-15-16-26-24(17-19)23-14-13-22(28-20-9-5-3-6-10-20)18-25(23)29-21-11-7-4-8-12-21;1-4(6)3-5(2)7;/h3-13,15-18H,1-2H3;3,6H,1-2H3;/q-1;;/b;4-3-;. The Hall–Kier alpha value is -2.79. The molecular formula is C30H29N2O2PtS2-. The smallest absolute Gasteiger partial charge is 0.155 e. The van der Waals surface area contributed by atoms with Gasteiger partial charge in [0.2, 0.25) is 0 Å². The van der Waals surface area contributed by atoms with Crippen molar-refractivity contribution in [1.29, 1.82) is 0 Å². The molecule has 0 saturated carbocycles. The molecule has 0 radical (unpaired) electrons. The van der Waals surface area contributed by atoms with Gasteiger partial charge < -0.3 is 15.0 Å². The van der Waals surface area contributed by atoms with E-state index in [4.69, 9.17) is 5.11 Å². The van der Waals surface area contributed by atoms with E-state index < -0.39 is 0 Å². The fraction of sp³-hybridized carbons (Fsp3) is 0.133. The number of benzene rings is 3. The van der Waals surface area contributed by atoms with Crippen LogP contribution in [-0.4, -0.2) is 30.0 Å². The van der Waals surface area contributed by atoms with Crippen LogP contribution in [0.5, 0.6) is 0 Å². The zero-order valence-corrected chi connectivity index (χ0v) is 25.0. The zero-order chi connectivity index (χ0) is 25.9. The number of allylic oxidation sites excluding steroid dienone is 2. The average Bonchev–Trinajstić information content (AvgIpc) is 2.85. The summed E-state index contributed by atoms with van der Waals surface area (Å²) in [6, 6.07) is 32.8. The number of hydrogen-bond acceptors (Lipinski definition) is 6. The Balaban J connectivity index is 0.000000532. The summed E-state index contributed by atoms with van der Waals surface area (Å²) in [7, 11) is 4.09. The molecule has 4 rings (SSSR count). The quantitative estimate of drug-likeness (QED) is 0.120. The molecule has 37 heavy (non-hydrogen) atoms. The molecule has 7 heteroatoms. The summed E-state index contributed by atoms with van der Waals surface area (Å²) in [6.07, 6.45) is 3.03. The second kappa shape index (κ2) is 15.5. The minimum atomic E-state index is -0.125. The normalized spacial score (nSPS) is 10.5. The summed E-state index contributed by atoms with van der Waals surface area (Å²) < 4.78 is 0. The van der Waals surface area contributed by atoms with Crippen molar-refractivity contribution in [2.45, 2.75) is 33.4 Å². The van der Waals surface area contributed by atoms with Crippen LogP contribution in [0.25, 0.3) is 11.3 Å². The minimum absolute atomic E-state index is 0. The molecule has 0 bridgehead atoms. The third-order valence-corrected chi connectivity index (χ3v) is 6.79. The number of rotatable bonds is 7. The number of aliphatic hydroxyl groups excluding tert-OH is 1. The van der Waals surface area contributed by atoms with E-state index in [1.165, 1.54) is 34.6 Å². The third kappa shape index (κ3) is 10.2. The third-order valence-electron chi connectivity index (χ3n) is 4.76. The molecule has 0 aliphatic carbocycles. The Morgan fingerprint density at radius 3 is 2.00 bits per heavy atom. The molecule has 0 aliphatic heterocycles. The van der Waals surface area contributed by atoms with Crippen molar-refractivity contribution in [2.75, 3.05) is 19.0 Å². The van der Waals surface area contributed by atoms with Crippen LogP contribution in [-0.2, 0) is 25.9 Å². The van der Waals surface area contributed by atoms with Gasteiger partial charge in [-0.2, -0.15) is 0 Å². The van der Waals surface area contributed by atoms with Gasteiger partial charge in [0.05, 0.1) is 5.76 Å². The Morgan fingerprint density at radius 1 is 0.892 bits per heavy atom. The van der Waals surface area contributed by atoms with Crippen LogP contribution in [0, 0.1) is 6.07 Å². The van der Waals surface area contributed by atoms with Gasteiger partial charge in [-0.15, -0.1) is 47.3 Å². The molecule has 0 aliphatic rings. The van der Waals surface area contributed by atoms with Gasteiger partial charge in [0.25, 0.3) is 0 Å². The fourth-order valence-corrected chi connectivity index (χ4v) is 5.10. The first-order valence-electron chi connectivity index (χ1n) is 11.3. The van der Waals surface area contributed by atoms with Crippen LogP contribution in [0.4, 0.5) is 5.69 Å². The number of ketones is 1. The summed E-state index contributed by atoms with van der Waals surface area (Å²) >= 11 is 3.50. The van der Waals surface area contributed by atoms with E-state index in [0.717, 1.165) is 21.8 Å². The predicted molar refractivity (Wildman–Crippen MR) is 151 cm³/mol. The van der Waals surface area contributed by atoms with E-state index in [2.05, 4.69) is 82.7 Å². The monoisotopic (exact) mass is 708 g/mol. The number of hydrogen-bond donors (Lipinski definition) is 1. The molecule has 4 nitrogen and oxygen atoms in total. The van der Waals surface area contributed by atoms with Gasteiger partial charge >= 0.3 is 0 Å². The van der Waals surface area contributed by atoms with Crippen molar-refractivity contribution in [1.82, 2.24) is 4.98 Å². The fourth-order valence-electron chi connectivity index (χ4n) is 3.17. The maximum absolute atomic E-state index is 10.0. The molecule has 0 atom stereocenters. The number of aromatic nitrogens is 1. The maximum Gasteiger partial charge on any atom is 0.155 e. The molecule has 0 fully saturated rings. The van der Waals surface area contributed by atoms with E-state index >= 15 is 0 Å². The first kappa shape index (κ1) is 30.4. The Bertz CT molecular complexity index is 1310. The summed E-state index contributed by atoms with van der Waals surface area (Å²) in [6.45, 7) is 2.85. The molecular weight excluding hydrogens is 680 g/mol. The van der Waals surface area contributed by atoms with Crippen LogP contribution in [0.2, 0.25) is 0 Å². The predicted octanol–water partition coefficient (Wildman–Crippen LogP) is 7.95. The number of nitrogens with zero attached hydrogens (tertiary/aromatic N) is 2. The Kier molecular flexibility index (Phi) is 12.7. The maximum atomic E-state index is 10.0. The van der Waals surface area contributed by atoms with Gasteiger partial charge in [-0.25, -0.2) is 0 Å². The van der Waals surface area contributed by atoms with E-state index in [1.54, 1.807) is 23.5 Å². The van der Waals surface area contributed by atoms with Gasteiger partial charge in [-0.1, -0.05) is 52.3 Å². The number of carbonyl (C=O) groups excluding carboxylic acids is 1. The van der Waals surface area contributed by atoms with Gasteiger partial charge in [0, 0.05) is 62.9 Å². The molecule has 1 aromatic heterocycles.